The summed E-state index contributed by atoms with van der Waals surface area (Å²) in [5.41, 5.74) is 0.986. The molecule has 0 unspecified atom stereocenters. The molecule has 0 atom stereocenters. The normalized spacial score (nSPS) is 14.3. The van der Waals surface area contributed by atoms with Gasteiger partial charge in [-0.1, -0.05) is 0 Å². The molecule has 3 heterocycles. The molecule has 0 aliphatic carbocycles. The number of ether oxygens (including phenoxy) is 3. The van der Waals surface area contributed by atoms with Crippen LogP contribution in [0.2, 0.25) is 5.28 Å². The molecule has 12 heteroatoms. The smallest absolute Gasteiger partial charge is 0.276 e. The summed E-state index contributed by atoms with van der Waals surface area (Å²) in [5.74, 6) is 1.83. The SMILES string of the molecule is COc1ccc(-c2nnc(Cn3c(Cl)nc4c3C(=O)N(C)COCN4C)o2)cc1OC. The van der Waals surface area contributed by atoms with E-state index in [4.69, 9.17) is 30.2 Å². The van der Waals surface area contributed by atoms with Gasteiger partial charge in [0.25, 0.3) is 5.91 Å². The number of halogens is 1. The molecule has 3 aromatic rings. The standard InChI is InChI=1S/C19H21ClN6O5/c1-24-9-30-10-25(2)18(27)15-16(24)21-19(20)26(15)8-14-22-23-17(31-14)11-5-6-12(28-3)13(7-11)29-4/h5-7H,8-10H2,1-4H3. The van der Waals surface area contributed by atoms with E-state index in [-0.39, 0.29) is 37.1 Å². The topological polar surface area (TPSA) is 108 Å². The van der Waals surface area contributed by atoms with E-state index >= 15 is 0 Å². The Kier molecular flexibility index (Phi) is 5.70. The van der Waals surface area contributed by atoms with Crippen molar-refractivity contribution >= 4 is 23.3 Å². The highest BCUT2D eigenvalue weighted by Crippen LogP contribution is 2.32. The van der Waals surface area contributed by atoms with Crippen LogP contribution in [0, 0.1) is 0 Å². The van der Waals surface area contributed by atoms with Crippen LogP contribution in [0.1, 0.15) is 16.4 Å². The van der Waals surface area contributed by atoms with Gasteiger partial charge in [0.05, 0.1) is 14.2 Å². The summed E-state index contributed by atoms with van der Waals surface area (Å²) in [7, 11) is 6.52. The van der Waals surface area contributed by atoms with Crippen LogP contribution in [-0.4, -0.2) is 72.3 Å². The van der Waals surface area contributed by atoms with Gasteiger partial charge in [0.15, 0.2) is 23.0 Å². The predicted molar refractivity (Wildman–Crippen MR) is 110 cm³/mol. The first kappa shape index (κ1) is 20.9. The Morgan fingerprint density at radius 3 is 2.58 bits per heavy atom. The van der Waals surface area contributed by atoms with Crippen LogP contribution in [0.3, 0.4) is 0 Å². The molecule has 1 aliphatic rings. The number of fused-ring (bicyclic) bond motifs is 1. The molecular formula is C19H21ClN6O5. The lowest BCUT2D eigenvalue weighted by Crippen LogP contribution is -2.37. The number of amides is 1. The van der Waals surface area contributed by atoms with Crippen molar-refractivity contribution in [1.29, 1.82) is 0 Å². The van der Waals surface area contributed by atoms with E-state index in [0.29, 0.717) is 34.5 Å². The quantitative estimate of drug-likeness (QED) is 0.579. The van der Waals surface area contributed by atoms with E-state index in [0.717, 1.165) is 0 Å². The molecule has 11 nitrogen and oxygen atoms in total. The molecule has 0 saturated carbocycles. The van der Waals surface area contributed by atoms with Crippen molar-refractivity contribution in [1.82, 2.24) is 24.6 Å². The lowest BCUT2D eigenvalue weighted by atomic mass is 10.2. The van der Waals surface area contributed by atoms with E-state index in [1.54, 1.807) is 56.0 Å². The van der Waals surface area contributed by atoms with Crippen molar-refractivity contribution in [2.75, 3.05) is 46.7 Å². The zero-order chi connectivity index (χ0) is 22.1. The van der Waals surface area contributed by atoms with Crippen LogP contribution in [-0.2, 0) is 11.3 Å². The minimum absolute atomic E-state index is 0.0791. The summed E-state index contributed by atoms with van der Waals surface area (Å²) < 4.78 is 23.4. The number of carbonyl (C=O) groups is 1. The molecule has 0 fully saturated rings. The van der Waals surface area contributed by atoms with Crippen molar-refractivity contribution in [3.63, 3.8) is 0 Å². The average Bonchev–Trinajstić information content (AvgIpc) is 3.37. The maximum Gasteiger partial charge on any atom is 0.276 e. The number of aromatic nitrogens is 4. The minimum Gasteiger partial charge on any atom is -0.493 e. The van der Waals surface area contributed by atoms with Crippen molar-refractivity contribution in [2.24, 2.45) is 0 Å². The minimum atomic E-state index is -0.277. The van der Waals surface area contributed by atoms with Crippen LogP contribution in [0.25, 0.3) is 11.5 Å². The molecule has 0 spiro atoms. The van der Waals surface area contributed by atoms with Crippen LogP contribution in [0.5, 0.6) is 11.5 Å². The number of hydrogen-bond acceptors (Lipinski definition) is 9. The molecule has 0 N–H and O–H groups in total. The van der Waals surface area contributed by atoms with Crippen molar-refractivity contribution < 1.29 is 23.4 Å². The van der Waals surface area contributed by atoms with Gasteiger partial charge in [0.2, 0.25) is 17.1 Å². The van der Waals surface area contributed by atoms with E-state index in [1.165, 1.54) is 4.90 Å². The summed E-state index contributed by atoms with van der Waals surface area (Å²) in [6.07, 6.45) is 0. The first-order valence-corrected chi connectivity index (χ1v) is 9.65. The number of nitrogens with zero attached hydrogens (tertiary/aromatic N) is 6. The highest BCUT2D eigenvalue weighted by atomic mass is 35.5. The summed E-state index contributed by atoms with van der Waals surface area (Å²) in [6, 6.07) is 5.27. The van der Waals surface area contributed by atoms with Crippen LogP contribution in [0.15, 0.2) is 22.6 Å². The second-order valence-electron chi connectivity index (χ2n) is 6.87. The summed E-state index contributed by atoms with van der Waals surface area (Å²) in [6.45, 7) is 0.493. The zero-order valence-corrected chi connectivity index (χ0v) is 18.2. The zero-order valence-electron chi connectivity index (χ0n) is 17.5. The van der Waals surface area contributed by atoms with Gasteiger partial charge in [-0.3, -0.25) is 9.36 Å². The molecule has 1 aliphatic heterocycles. The number of hydrogen-bond donors (Lipinski definition) is 0. The average molecular weight is 449 g/mol. The molecule has 31 heavy (non-hydrogen) atoms. The summed E-state index contributed by atoms with van der Waals surface area (Å²) in [4.78, 5) is 20.4. The molecule has 0 bridgehead atoms. The third kappa shape index (κ3) is 3.89. The Morgan fingerprint density at radius 1 is 1.10 bits per heavy atom. The molecule has 0 saturated heterocycles. The number of carbonyl (C=O) groups excluding carboxylic acids is 1. The highest BCUT2D eigenvalue weighted by molar-refractivity contribution is 6.29. The fraction of sp³-hybridized carbons (Fsp3) is 0.368. The second kappa shape index (κ2) is 8.44. The predicted octanol–water partition coefficient (Wildman–Crippen LogP) is 2.11. The Morgan fingerprint density at radius 2 is 1.84 bits per heavy atom. The van der Waals surface area contributed by atoms with Crippen LogP contribution < -0.4 is 14.4 Å². The lowest BCUT2D eigenvalue weighted by molar-refractivity contribution is 0.0312. The maximum absolute atomic E-state index is 12.9. The molecular weight excluding hydrogens is 428 g/mol. The summed E-state index contributed by atoms with van der Waals surface area (Å²) in [5, 5.41) is 8.34. The fourth-order valence-electron chi connectivity index (χ4n) is 3.19. The van der Waals surface area contributed by atoms with Gasteiger partial charge in [0.1, 0.15) is 20.0 Å². The Hall–Kier alpha value is -3.31. The maximum atomic E-state index is 12.9. The molecule has 2 aromatic heterocycles. The van der Waals surface area contributed by atoms with E-state index in [1.807, 2.05) is 0 Å². The second-order valence-corrected chi connectivity index (χ2v) is 7.21. The fourth-order valence-corrected chi connectivity index (χ4v) is 3.41. The molecule has 0 radical (unpaired) electrons. The van der Waals surface area contributed by atoms with Crippen molar-refractivity contribution in [2.45, 2.75) is 6.54 Å². The van der Waals surface area contributed by atoms with Crippen molar-refractivity contribution in [3.8, 4) is 23.0 Å². The lowest BCUT2D eigenvalue weighted by Gasteiger charge is -2.26. The van der Waals surface area contributed by atoms with Gasteiger partial charge in [0, 0.05) is 19.7 Å². The van der Waals surface area contributed by atoms with Gasteiger partial charge < -0.3 is 28.4 Å². The van der Waals surface area contributed by atoms with Crippen LogP contribution in [0.4, 0.5) is 5.82 Å². The van der Waals surface area contributed by atoms with Gasteiger partial charge >= 0.3 is 0 Å². The largest absolute Gasteiger partial charge is 0.493 e. The first-order valence-electron chi connectivity index (χ1n) is 9.28. The molecule has 1 aromatic carbocycles. The van der Waals surface area contributed by atoms with Gasteiger partial charge in [-0.2, -0.15) is 4.98 Å². The van der Waals surface area contributed by atoms with Gasteiger partial charge in [-0.25, -0.2) is 0 Å². The number of imidazole rings is 1. The Bertz CT molecular complexity index is 1110. The van der Waals surface area contributed by atoms with Gasteiger partial charge in [-0.05, 0) is 29.8 Å². The van der Waals surface area contributed by atoms with Crippen LogP contribution >= 0.6 is 11.6 Å². The Labute approximate surface area is 183 Å². The third-order valence-electron chi connectivity index (χ3n) is 4.77. The molecule has 164 valence electrons. The molecule has 4 rings (SSSR count). The third-order valence-corrected chi connectivity index (χ3v) is 5.06. The monoisotopic (exact) mass is 448 g/mol. The van der Waals surface area contributed by atoms with Crippen molar-refractivity contribution in [3.05, 3.63) is 35.1 Å². The number of anilines is 1. The Balaban J connectivity index is 1.67. The molecule has 1 amide bonds. The number of methoxy groups -OCH3 is 2. The summed E-state index contributed by atoms with van der Waals surface area (Å²) >= 11 is 6.36. The highest BCUT2D eigenvalue weighted by Gasteiger charge is 2.30. The number of benzene rings is 1. The number of rotatable bonds is 5. The van der Waals surface area contributed by atoms with E-state index in [9.17, 15) is 4.79 Å². The first-order chi connectivity index (χ1) is 14.9. The van der Waals surface area contributed by atoms with E-state index in [2.05, 4.69) is 15.2 Å². The van der Waals surface area contributed by atoms with E-state index < -0.39 is 0 Å². The van der Waals surface area contributed by atoms with Gasteiger partial charge in [-0.15, -0.1) is 10.2 Å².